The van der Waals surface area contributed by atoms with E-state index >= 15 is 0 Å². The van der Waals surface area contributed by atoms with Crippen molar-refractivity contribution in [3.8, 4) is 0 Å². The summed E-state index contributed by atoms with van der Waals surface area (Å²) in [7, 11) is -4.29. The molecule has 3 rings (SSSR count). The van der Waals surface area contributed by atoms with Crippen LogP contribution in [-0.4, -0.2) is 26.1 Å². The SMILES string of the molecule is Cc1cc(C)c(S(=O)(=O)O)c(C)c1[N+]1(N)CCC(c2ccccc2)CC1. The predicted octanol–water partition coefficient (Wildman–Crippen LogP) is 3.62. The van der Waals surface area contributed by atoms with Crippen molar-refractivity contribution in [2.75, 3.05) is 13.1 Å². The van der Waals surface area contributed by atoms with Crippen LogP contribution in [0, 0.1) is 20.8 Å². The van der Waals surface area contributed by atoms with E-state index in [0.29, 0.717) is 17.0 Å². The molecule has 5 nitrogen and oxygen atoms in total. The molecule has 0 radical (unpaired) electrons. The quantitative estimate of drug-likeness (QED) is 0.488. The molecule has 26 heavy (non-hydrogen) atoms. The zero-order valence-electron chi connectivity index (χ0n) is 15.6. The van der Waals surface area contributed by atoms with E-state index in [-0.39, 0.29) is 9.49 Å². The summed E-state index contributed by atoms with van der Waals surface area (Å²) in [5.41, 5.74) is 4.22. The van der Waals surface area contributed by atoms with Crippen molar-refractivity contribution in [3.63, 3.8) is 0 Å². The van der Waals surface area contributed by atoms with Gasteiger partial charge in [0, 0.05) is 24.0 Å². The van der Waals surface area contributed by atoms with Crippen molar-refractivity contribution >= 4 is 15.8 Å². The molecule has 140 valence electrons. The average molecular weight is 376 g/mol. The number of hydrogen-bond donors (Lipinski definition) is 2. The van der Waals surface area contributed by atoms with Crippen molar-refractivity contribution in [1.29, 1.82) is 0 Å². The lowest BCUT2D eigenvalue weighted by atomic mass is 9.88. The molecular formula is C20H27N2O3S+. The molecule has 0 unspecified atom stereocenters. The Labute approximate surface area is 155 Å². The molecule has 1 heterocycles. The Morgan fingerprint density at radius 2 is 1.62 bits per heavy atom. The third-order valence-corrected chi connectivity index (χ3v) is 6.73. The topological polar surface area (TPSA) is 80.4 Å². The zero-order chi connectivity index (χ0) is 19.1. The molecule has 0 aliphatic carbocycles. The van der Waals surface area contributed by atoms with Crippen LogP contribution in [0.5, 0.6) is 0 Å². The maximum Gasteiger partial charge on any atom is 0.295 e. The second kappa shape index (κ2) is 6.78. The molecule has 2 aromatic carbocycles. The van der Waals surface area contributed by atoms with Gasteiger partial charge >= 0.3 is 0 Å². The molecule has 6 heteroatoms. The molecule has 0 atom stereocenters. The fourth-order valence-corrected chi connectivity index (χ4v) is 5.50. The van der Waals surface area contributed by atoms with Gasteiger partial charge in [0.1, 0.15) is 18.0 Å². The Hall–Kier alpha value is -1.73. The summed E-state index contributed by atoms with van der Waals surface area (Å²) < 4.78 is 33.6. The standard InChI is InChI=1S/C20H26N2O3S/c1-14-13-15(2)20(26(23,24)25)16(3)19(14)22(21)11-9-18(10-12-22)17-7-5-4-6-8-17/h4-8,13,18H,9-12,21H2,1-3H3/p+1. The Morgan fingerprint density at radius 3 is 2.15 bits per heavy atom. The summed E-state index contributed by atoms with van der Waals surface area (Å²) in [4.78, 5) is -0.00812. The van der Waals surface area contributed by atoms with Crippen LogP contribution in [0.1, 0.15) is 41.0 Å². The van der Waals surface area contributed by atoms with Crippen LogP contribution in [0.3, 0.4) is 0 Å². The van der Waals surface area contributed by atoms with Gasteiger partial charge < -0.3 is 0 Å². The minimum absolute atomic E-state index is 0.00812. The fourth-order valence-electron chi connectivity index (χ4n) is 4.55. The second-order valence-corrected chi connectivity index (χ2v) is 8.81. The zero-order valence-corrected chi connectivity index (χ0v) is 16.4. The monoisotopic (exact) mass is 375 g/mol. The van der Waals surface area contributed by atoms with Gasteiger partial charge in [0.2, 0.25) is 0 Å². The summed E-state index contributed by atoms with van der Waals surface area (Å²) >= 11 is 0. The molecule has 1 saturated heterocycles. The van der Waals surface area contributed by atoms with Crippen molar-refractivity contribution in [3.05, 3.63) is 58.7 Å². The summed E-state index contributed by atoms with van der Waals surface area (Å²) in [5.74, 6) is 7.22. The first-order valence-electron chi connectivity index (χ1n) is 8.93. The third-order valence-electron chi connectivity index (χ3n) is 5.59. The van der Waals surface area contributed by atoms with Crippen molar-refractivity contribution in [1.82, 2.24) is 4.59 Å². The molecule has 3 N–H and O–H groups in total. The highest BCUT2D eigenvalue weighted by Gasteiger charge is 2.38. The van der Waals surface area contributed by atoms with Crippen LogP contribution >= 0.6 is 0 Å². The number of piperidine rings is 1. The number of aryl methyl sites for hydroxylation is 2. The Kier molecular flexibility index (Phi) is 4.96. The number of nitrogens with two attached hydrogens (primary N) is 1. The van der Waals surface area contributed by atoms with Crippen molar-refractivity contribution < 1.29 is 13.0 Å². The van der Waals surface area contributed by atoms with E-state index in [1.165, 1.54) is 5.56 Å². The van der Waals surface area contributed by atoms with Crippen LogP contribution in [-0.2, 0) is 10.1 Å². The number of benzene rings is 2. The molecule has 1 aliphatic heterocycles. The van der Waals surface area contributed by atoms with Crippen LogP contribution in [0.15, 0.2) is 41.3 Å². The van der Waals surface area contributed by atoms with E-state index in [1.54, 1.807) is 13.8 Å². The Bertz CT molecular complexity index is 916. The summed E-state index contributed by atoms with van der Waals surface area (Å²) in [6.45, 7) is 6.87. The van der Waals surface area contributed by atoms with Gasteiger partial charge in [-0.05, 0) is 43.9 Å². The van der Waals surface area contributed by atoms with E-state index in [4.69, 9.17) is 5.84 Å². The van der Waals surface area contributed by atoms with Crippen LogP contribution in [0.25, 0.3) is 0 Å². The summed E-state index contributed by atoms with van der Waals surface area (Å²) in [6.07, 6.45) is 1.88. The third kappa shape index (κ3) is 3.42. The lowest BCUT2D eigenvalue weighted by Gasteiger charge is -2.40. The molecular weight excluding hydrogens is 348 g/mol. The molecule has 2 aromatic rings. The van der Waals surface area contributed by atoms with Crippen LogP contribution < -0.4 is 10.4 Å². The number of rotatable bonds is 3. The van der Waals surface area contributed by atoms with Crippen LogP contribution in [0.2, 0.25) is 0 Å². The first-order chi connectivity index (χ1) is 12.1. The molecule has 0 saturated carbocycles. The van der Waals surface area contributed by atoms with Crippen LogP contribution in [0.4, 0.5) is 5.69 Å². The maximum absolute atomic E-state index is 11.9. The summed E-state index contributed by atoms with van der Waals surface area (Å²) in [5, 5.41) is 0. The highest BCUT2D eigenvalue weighted by atomic mass is 32.2. The largest absolute Gasteiger partial charge is 0.295 e. The molecule has 0 amide bonds. The van der Waals surface area contributed by atoms with E-state index in [2.05, 4.69) is 24.3 Å². The minimum atomic E-state index is -4.29. The van der Waals surface area contributed by atoms with Crippen molar-refractivity contribution in [2.24, 2.45) is 5.84 Å². The van der Waals surface area contributed by atoms with Gasteiger partial charge in [0.15, 0.2) is 5.69 Å². The average Bonchev–Trinajstić information content (AvgIpc) is 2.54. The highest BCUT2D eigenvalue weighted by molar-refractivity contribution is 7.86. The normalized spacial score (nSPS) is 23.8. The first-order valence-corrected chi connectivity index (χ1v) is 10.4. The van der Waals surface area contributed by atoms with Gasteiger partial charge in [-0.2, -0.15) is 14.3 Å². The Balaban J connectivity index is 1.97. The van der Waals surface area contributed by atoms with Gasteiger partial charge in [0.05, 0.1) is 0 Å². The van der Waals surface area contributed by atoms with E-state index in [1.807, 2.05) is 19.1 Å². The number of quaternary nitrogens is 1. The Morgan fingerprint density at radius 1 is 1.04 bits per heavy atom. The fraction of sp³-hybridized carbons (Fsp3) is 0.400. The smallest absolute Gasteiger partial charge is 0.282 e. The number of nitrogens with zero attached hydrogens (tertiary/aromatic N) is 1. The second-order valence-electron chi connectivity index (χ2n) is 7.45. The van der Waals surface area contributed by atoms with Gasteiger partial charge in [-0.1, -0.05) is 30.3 Å². The lowest BCUT2D eigenvalue weighted by molar-refractivity contribution is 0.215. The highest BCUT2D eigenvalue weighted by Crippen LogP contribution is 2.39. The van der Waals surface area contributed by atoms with Gasteiger partial charge in [-0.15, -0.1) is 0 Å². The first kappa shape index (κ1) is 19.0. The molecule has 1 fully saturated rings. The summed E-state index contributed by atoms with van der Waals surface area (Å²) in [6, 6.07) is 12.2. The van der Waals surface area contributed by atoms with E-state index < -0.39 is 10.1 Å². The molecule has 0 bridgehead atoms. The van der Waals surface area contributed by atoms with E-state index in [9.17, 15) is 13.0 Å². The number of hydrogen-bond acceptors (Lipinski definition) is 3. The molecule has 0 aromatic heterocycles. The molecule has 0 spiro atoms. The van der Waals surface area contributed by atoms with Crippen molar-refractivity contribution in [2.45, 2.75) is 44.4 Å². The maximum atomic E-state index is 11.9. The minimum Gasteiger partial charge on any atom is -0.282 e. The predicted molar refractivity (Wildman–Crippen MR) is 105 cm³/mol. The van der Waals surface area contributed by atoms with E-state index in [0.717, 1.165) is 37.2 Å². The van der Waals surface area contributed by atoms with Gasteiger partial charge in [0.25, 0.3) is 10.1 Å². The van der Waals surface area contributed by atoms with Gasteiger partial charge in [-0.25, -0.2) is 4.59 Å². The van der Waals surface area contributed by atoms with Gasteiger partial charge in [-0.3, -0.25) is 4.55 Å². The molecule has 1 aliphatic rings. The lowest BCUT2D eigenvalue weighted by Crippen LogP contribution is -2.60.